The Kier molecular flexibility index (Phi) is 1.14. The van der Waals surface area contributed by atoms with Crippen LogP contribution in [0.5, 0.6) is 0 Å². The van der Waals surface area contributed by atoms with Crippen molar-refractivity contribution in [2.45, 2.75) is 6.42 Å². The lowest BCUT2D eigenvalue weighted by Crippen LogP contribution is -1.82. The average molecular weight is 178 g/mol. The zero-order chi connectivity index (χ0) is 12.6. The first-order valence-electron chi connectivity index (χ1n) is 5.80. The topological polar surface area (TPSA) is 48.4 Å². The maximum atomic E-state index is 8.37. The van der Waals surface area contributed by atoms with Crippen LogP contribution in [0.3, 0.4) is 0 Å². The lowest BCUT2D eigenvalue weighted by molar-refractivity contribution is 0.321. The van der Waals surface area contributed by atoms with Gasteiger partial charge in [-0.15, -0.1) is 5.16 Å². The van der Waals surface area contributed by atoms with E-state index in [0.717, 1.165) is 0 Å². The van der Waals surface area contributed by atoms with E-state index < -0.39 is 0 Å². The average Bonchev–Trinajstić information content (AvgIpc) is 2.75. The van der Waals surface area contributed by atoms with Crippen LogP contribution in [0, 0.1) is 0 Å². The minimum absolute atomic E-state index is 0.0800. The van der Waals surface area contributed by atoms with Gasteiger partial charge in [0.25, 0.3) is 0 Å². The number of oxime groups is 1. The van der Waals surface area contributed by atoms with E-state index in [9.17, 15) is 0 Å². The third-order valence-electron chi connectivity index (χ3n) is 1.79. The Bertz CT molecular complexity index is 606. The molecule has 0 aliphatic carbocycles. The highest BCUT2D eigenvalue weighted by Crippen LogP contribution is 2.17. The van der Waals surface area contributed by atoms with Gasteiger partial charge in [-0.25, -0.2) is 0 Å². The van der Waals surface area contributed by atoms with E-state index in [2.05, 4.69) is 10.1 Å². The van der Waals surface area contributed by atoms with Gasteiger partial charge in [-0.3, -0.25) is 0 Å². The molecule has 0 spiro atoms. The fourth-order valence-electron chi connectivity index (χ4n) is 1.19. The second kappa shape index (κ2) is 3.31. The minimum Gasteiger partial charge on any atom is -0.411 e. The van der Waals surface area contributed by atoms with Crippen molar-refractivity contribution in [3.8, 4) is 0 Å². The minimum atomic E-state index is -0.260. The molecule has 0 amide bonds. The van der Waals surface area contributed by atoms with Crippen molar-refractivity contribution in [1.29, 1.82) is 0 Å². The summed E-state index contributed by atoms with van der Waals surface area (Å²) >= 11 is 0. The number of nitrogens with zero attached hydrogens (tertiary/aromatic N) is 1. The zero-order valence-electron chi connectivity index (χ0n) is 10.8. The van der Waals surface area contributed by atoms with E-state index in [0.29, 0.717) is 22.9 Å². The molecule has 1 aromatic heterocycles. The number of H-pyrrole nitrogens is 1. The lowest BCUT2D eigenvalue weighted by atomic mass is 10.1. The SMILES string of the molecule is [2H]c1c([2H])c([2H])c2c(C/C=N/O)c[nH]c2c1[2H]. The van der Waals surface area contributed by atoms with Gasteiger partial charge < -0.3 is 10.2 Å². The Morgan fingerprint density at radius 1 is 1.54 bits per heavy atom. The van der Waals surface area contributed by atoms with Gasteiger partial charge in [0.2, 0.25) is 0 Å². The van der Waals surface area contributed by atoms with E-state index in [-0.39, 0.29) is 24.2 Å². The van der Waals surface area contributed by atoms with Crippen molar-refractivity contribution in [3.05, 3.63) is 35.9 Å². The first-order chi connectivity index (χ1) is 8.07. The van der Waals surface area contributed by atoms with Crippen LogP contribution in [0.15, 0.2) is 35.5 Å². The highest BCUT2D eigenvalue weighted by atomic mass is 16.4. The normalized spacial score (nSPS) is 15.7. The summed E-state index contributed by atoms with van der Waals surface area (Å²) < 4.78 is 30.6. The third kappa shape index (κ3) is 1.40. The molecule has 0 unspecified atom stereocenters. The van der Waals surface area contributed by atoms with Crippen molar-refractivity contribution in [1.82, 2.24) is 4.98 Å². The first-order valence-corrected chi connectivity index (χ1v) is 3.80. The molecule has 13 heavy (non-hydrogen) atoms. The van der Waals surface area contributed by atoms with E-state index in [4.69, 9.17) is 10.7 Å². The van der Waals surface area contributed by atoms with Crippen LogP contribution >= 0.6 is 0 Å². The van der Waals surface area contributed by atoms with E-state index in [1.807, 2.05) is 0 Å². The molecular formula is C10H10N2O. The van der Waals surface area contributed by atoms with Crippen LogP contribution in [-0.2, 0) is 6.42 Å². The van der Waals surface area contributed by atoms with Gasteiger partial charge in [0, 0.05) is 29.7 Å². The van der Waals surface area contributed by atoms with Gasteiger partial charge in [0.1, 0.15) is 0 Å². The summed E-state index contributed by atoms with van der Waals surface area (Å²) in [5.41, 5.74) is 1.04. The van der Waals surface area contributed by atoms with Crippen LogP contribution in [0.4, 0.5) is 0 Å². The molecule has 1 aromatic carbocycles. The molecule has 0 atom stereocenters. The number of rotatable bonds is 2. The molecule has 0 aliphatic rings. The van der Waals surface area contributed by atoms with Crippen molar-refractivity contribution >= 4 is 17.1 Å². The van der Waals surface area contributed by atoms with E-state index >= 15 is 0 Å². The summed E-state index contributed by atoms with van der Waals surface area (Å²) in [6.07, 6.45) is 3.17. The number of benzene rings is 1. The Morgan fingerprint density at radius 2 is 2.38 bits per heavy atom. The van der Waals surface area contributed by atoms with Crippen molar-refractivity contribution in [3.63, 3.8) is 0 Å². The van der Waals surface area contributed by atoms with Crippen LogP contribution in [0.1, 0.15) is 11.0 Å². The lowest BCUT2D eigenvalue weighted by Gasteiger charge is -1.91. The first kappa shape index (κ1) is 4.46. The number of nitrogens with one attached hydrogen (secondary N) is 1. The number of aromatic nitrogens is 1. The molecule has 2 aromatic rings. The standard InChI is InChI=1S/C10H10N2O/c13-12-6-5-8-7-11-10-4-2-1-3-9(8)10/h1-4,6-7,11,13H,5H2/b12-6+/i1D,2D,3D,4D. The Hall–Kier alpha value is -1.77. The van der Waals surface area contributed by atoms with Crippen LogP contribution < -0.4 is 0 Å². The molecule has 1 heterocycles. The van der Waals surface area contributed by atoms with Gasteiger partial charge >= 0.3 is 0 Å². The molecule has 66 valence electrons. The highest BCUT2D eigenvalue weighted by molar-refractivity contribution is 5.85. The molecule has 3 heteroatoms. The molecule has 2 rings (SSSR count). The van der Waals surface area contributed by atoms with Crippen LogP contribution in [-0.4, -0.2) is 16.4 Å². The molecule has 0 radical (unpaired) electrons. The molecule has 3 nitrogen and oxygen atoms in total. The predicted octanol–water partition coefficient (Wildman–Crippen LogP) is 2.17. The summed E-state index contributed by atoms with van der Waals surface area (Å²) in [6, 6.07) is -0.687. The number of aromatic amines is 1. The summed E-state index contributed by atoms with van der Waals surface area (Å²) in [7, 11) is 0. The van der Waals surface area contributed by atoms with Gasteiger partial charge in [-0.2, -0.15) is 0 Å². The molecule has 0 fully saturated rings. The number of fused-ring (bicyclic) bond motifs is 1. The smallest absolute Gasteiger partial charge is 0.0645 e. The maximum absolute atomic E-state index is 8.37. The maximum Gasteiger partial charge on any atom is 0.0645 e. The van der Waals surface area contributed by atoms with Crippen molar-refractivity contribution in [2.24, 2.45) is 5.16 Å². The predicted molar refractivity (Wildman–Crippen MR) is 52.3 cm³/mol. The van der Waals surface area contributed by atoms with Crippen molar-refractivity contribution in [2.75, 3.05) is 0 Å². The van der Waals surface area contributed by atoms with Gasteiger partial charge in [0.15, 0.2) is 0 Å². The summed E-state index contributed by atoms with van der Waals surface area (Å²) in [5, 5.41) is 11.7. The number of para-hydroxylation sites is 1. The van der Waals surface area contributed by atoms with Gasteiger partial charge in [-0.1, -0.05) is 18.1 Å². The quantitative estimate of drug-likeness (QED) is 0.413. The fourth-order valence-corrected chi connectivity index (χ4v) is 1.19. The largest absolute Gasteiger partial charge is 0.411 e. The zero-order valence-corrected chi connectivity index (χ0v) is 6.76. The number of hydrogen-bond donors (Lipinski definition) is 2. The monoisotopic (exact) mass is 178 g/mol. The molecule has 0 bridgehead atoms. The Balaban J connectivity index is 2.76. The summed E-state index contributed by atoms with van der Waals surface area (Å²) in [6.45, 7) is 0. The van der Waals surface area contributed by atoms with E-state index in [1.165, 1.54) is 6.21 Å². The molecule has 2 N–H and O–H groups in total. The molecule has 0 saturated heterocycles. The molecule has 0 aliphatic heterocycles. The van der Waals surface area contributed by atoms with Crippen LogP contribution in [0.25, 0.3) is 10.9 Å². The summed E-state index contributed by atoms with van der Waals surface area (Å²) in [4.78, 5) is 2.82. The van der Waals surface area contributed by atoms with Gasteiger partial charge in [0.05, 0.1) is 5.48 Å². The molecule has 0 saturated carbocycles. The van der Waals surface area contributed by atoms with Crippen molar-refractivity contribution < 1.29 is 10.7 Å². The molecular weight excluding hydrogens is 164 g/mol. The third-order valence-corrected chi connectivity index (χ3v) is 1.79. The summed E-state index contributed by atoms with van der Waals surface area (Å²) in [5.74, 6) is 0. The van der Waals surface area contributed by atoms with E-state index in [1.54, 1.807) is 6.20 Å². The Morgan fingerprint density at radius 3 is 3.23 bits per heavy atom. The highest BCUT2D eigenvalue weighted by Gasteiger charge is 1.99. The van der Waals surface area contributed by atoms with Crippen LogP contribution in [0.2, 0.25) is 0 Å². The fraction of sp³-hybridized carbons (Fsp3) is 0.100. The van der Waals surface area contributed by atoms with Gasteiger partial charge in [-0.05, 0) is 11.6 Å². The number of hydrogen-bond acceptors (Lipinski definition) is 2. The second-order valence-corrected chi connectivity index (χ2v) is 2.57. The second-order valence-electron chi connectivity index (χ2n) is 2.57. The Labute approximate surface area is 81.3 Å².